The van der Waals surface area contributed by atoms with Gasteiger partial charge in [-0.3, -0.25) is 4.79 Å². The summed E-state index contributed by atoms with van der Waals surface area (Å²) in [7, 11) is 0. The van der Waals surface area contributed by atoms with E-state index in [4.69, 9.17) is 0 Å². The first-order valence-corrected chi connectivity index (χ1v) is 7.69. The van der Waals surface area contributed by atoms with Crippen molar-refractivity contribution >= 4 is 21.8 Å². The van der Waals surface area contributed by atoms with Gasteiger partial charge in [0.05, 0.1) is 6.10 Å². The minimum absolute atomic E-state index is 0.0549. The molecule has 1 atom stereocenters. The van der Waals surface area contributed by atoms with Crippen LogP contribution in [-0.2, 0) is 11.2 Å². The molecule has 2 aromatic carbocycles. The van der Waals surface area contributed by atoms with Crippen LogP contribution < -0.4 is 5.32 Å². The molecule has 110 valence electrons. The van der Waals surface area contributed by atoms with Crippen molar-refractivity contribution in [3.63, 3.8) is 0 Å². The van der Waals surface area contributed by atoms with Crippen molar-refractivity contribution in [2.45, 2.75) is 18.9 Å². The molecule has 21 heavy (non-hydrogen) atoms. The molecule has 0 heterocycles. The van der Waals surface area contributed by atoms with Crippen molar-refractivity contribution in [3.05, 3.63) is 70.2 Å². The largest absolute Gasteiger partial charge is 0.387 e. The minimum Gasteiger partial charge on any atom is -0.387 e. The van der Waals surface area contributed by atoms with Crippen molar-refractivity contribution in [2.24, 2.45) is 0 Å². The predicted octanol–water partition coefficient (Wildman–Crippen LogP) is 3.23. The molecule has 1 unspecified atom stereocenters. The highest BCUT2D eigenvalue weighted by Gasteiger charge is 2.09. The van der Waals surface area contributed by atoms with Gasteiger partial charge in [-0.05, 0) is 23.6 Å². The number of benzene rings is 2. The third-order valence-corrected chi connectivity index (χ3v) is 4.03. The third kappa shape index (κ3) is 4.99. The SMILES string of the molecule is O=C(CCc1ccccc1Br)NCC(O)c1ccccc1. The van der Waals surface area contributed by atoms with E-state index in [1.54, 1.807) is 0 Å². The van der Waals surface area contributed by atoms with Crippen LogP contribution in [0.4, 0.5) is 0 Å². The van der Waals surface area contributed by atoms with Crippen LogP contribution in [0.1, 0.15) is 23.7 Å². The maximum absolute atomic E-state index is 11.8. The van der Waals surface area contributed by atoms with E-state index in [0.717, 1.165) is 15.6 Å². The van der Waals surface area contributed by atoms with Gasteiger partial charge in [-0.15, -0.1) is 0 Å². The second-order valence-corrected chi connectivity index (χ2v) is 5.68. The fraction of sp³-hybridized carbons (Fsp3) is 0.235. The standard InChI is InChI=1S/C17H18BrNO2/c18-15-9-5-4-6-13(15)10-11-17(21)19-12-16(20)14-7-2-1-3-8-14/h1-9,16,20H,10-12H2,(H,19,21). The first-order chi connectivity index (χ1) is 10.2. The summed E-state index contributed by atoms with van der Waals surface area (Å²) in [6, 6.07) is 17.2. The Balaban J connectivity index is 1.76. The Morgan fingerprint density at radius 2 is 1.76 bits per heavy atom. The first kappa shape index (κ1) is 15.7. The second kappa shape index (κ2) is 7.96. The van der Waals surface area contributed by atoms with E-state index >= 15 is 0 Å². The number of hydrogen-bond donors (Lipinski definition) is 2. The first-order valence-electron chi connectivity index (χ1n) is 6.90. The fourth-order valence-electron chi connectivity index (χ4n) is 2.04. The Kier molecular flexibility index (Phi) is 5.96. The smallest absolute Gasteiger partial charge is 0.220 e. The highest BCUT2D eigenvalue weighted by molar-refractivity contribution is 9.10. The van der Waals surface area contributed by atoms with E-state index in [0.29, 0.717) is 12.8 Å². The lowest BCUT2D eigenvalue weighted by Gasteiger charge is -2.12. The number of aliphatic hydroxyl groups excluding tert-OH is 1. The normalized spacial score (nSPS) is 11.9. The molecular weight excluding hydrogens is 330 g/mol. The van der Waals surface area contributed by atoms with Crippen LogP contribution in [0.25, 0.3) is 0 Å². The van der Waals surface area contributed by atoms with Gasteiger partial charge in [0.15, 0.2) is 0 Å². The Hall–Kier alpha value is -1.65. The molecule has 3 nitrogen and oxygen atoms in total. The molecule has 4 heteroatoms. The lowest BCUT2D eigenvalue weighted by atomic mass is 10.1. The summed E-state index contributed by atoms with van der Waals surface area (Å²) >= 11 is 3.47. The van der Waals surface area contributed by atoms with Gasteiger partial charge in [-0.2, -0.15) is 0 Å². The van der Waals surface area contributed by atoms with Gasteiger partial charge in [-0.25, -0.2) is 0 Å². The van der Waals surface area contributed by atoms with Crippen molar-refractivity contribution in [2.75, 3.05) is 6.54 Å². The maximum Gasteiger partial charge on any atom is 0.220 e. The average molecular weight is 348 g/mol. The van der Waals surface area contributed by atoms with Gasteiger partial charge in [0.25, 0.3) is 0 Å². The van der Waals surface area contributed by atoms with E-state index in [1.165, 1.54) is 0 Å². The summed E-state index contributed by atoms with van der Waals surface area (Å²) in [5.41, 5.74) is 1.92. The van der Waals surface area contributed by atoms with Crippen molar-refractivity contribution in [1.82, 2.24) is 5.32 Å². The molecule has 0 aliphatic carbocycles. The number of carbonyl (C=O) groups is 1. The van der Waals surface area contributed by atoms with E-state index < -0.39 is 6.10 Å². The van der Waals surface area contributed by atoms with E-state index in [1.807, 2.05) is 54.6 Å². The third-order valence-electron chi connectivity index (χ3n) is 3.26. The number of carbonyl (C=O) groups excluding carboxylic acids is 1. The summed E-state index contributed by atoms with van der Waals surface area (Å²) in [6.45, 7) is 0.235. The molecule has 0 bridgehead atoms. The number of aliphatic hydroxyl groups is 1. The molecule has 0 radical (unpaired) electrons. The zero-order chi connectivity index (χ0) is 15.1. The van der Waals surface area contributed by atoms with E-state index in [2.05, 4.69) is 21.2 Å². The lowest BCUT2D eigenvalue weighted by molar-refractivity contribution is -0.121. The molecule has 0 aliphatic rings. The molecular formula is C17H18BrNO2. The Bertz CT molecular complexity index is 586. The number of rotatable bonds is 6. The molecule has 2 N–H and O–H groups in total. The Morgan fingerprint density at radius 3 is 2.48 bits per heavy atom. The zero-order valence-corrected chi connectivity index (χ0v) is 13.2. The Morgan fingerprint density at radius 1 is 1.10 bits per heavy atom. The van der Waals surface area contributed by atoms with Crippen LogP contribution >= 0.6 is 15.9 Å². The van der Waals surface area contributed by atoms with Crippen molar-refractivity contribution in [3.8, 4) is 0 Å². The van der Waals surface area contributed by atoms with Gasteiger partial charge >= 0.3 is 0 Å². The molecule has 0 aliphatic heterocycles. The van der Waals surface area contributed by atoms with Gasteiger partial charge in [0, 0.05) is 17.4 Å². The number of hydrogen-bond acceptors (Lipinski definition) is 2. The van der Waals surface area contributed by atoms with Crippen molar-refractivity contribution < 1.29 is 9.90 Å². The van der Waals surface area contributed by atoms with Gasteiger partial charge in [0.2, 0.25) is 5.91 Å². The number of aryl methyl sites for hydroxylation is 1. The van der Waals surface area contributed by atoms with Crippen LogP contribution in [0.5, 0.6) is 0 Å². The highest BCUT2D eigenvalue weighted by atomic mass is 79.9. The number of amides is 1. The van der Waals surface area contributed by atoms with E-state index in [-0.39, 0.29) is 12.5 Å². The fourth-order valence-corrected chi connectivity index (χ4v) is 2.52. The molecule has 0 saturated heterocycles. The lowest BCUT2D eigenvalue weighted by Crippen LogP contribution is -2.28. The number of halogens is 1. The average Bonchev–Trinajstić information content (AvgIpc) is 2.52. The van der Waals surface area contributed by atoms with Crippen LogP contribution in [0.3, 0.4) is 0 Å². The highest BCUT2D eigenvalue weighted by Crippen LogP contribution is 2.17. The predicted molar refractivity (Wildman–Crippen MR) is 86.9 cm³/mol. The maximum atomic E-state index is 11.8. The number of nitrogens with one attached hydrogen (secondary N) is 1. The van der Waals surface area contributed by atoms with E-state index in [9.17, 15) is 9.90 Å². The zero-order valence-electron chi connectivity index (χ0n) is 11.6. The molecule has 1 amide bonds. The van der Waals surface area contributed by atoms with Gasteiger partial charge in [0.1, 0.15) is 0 Å². The topological polar surface area (TPSA) is 49.3 Å². The van der Waals surface area contributed by atoms with Crippen LogP contribution in [0.15, 0.2) is 59.1 Å². The monoisotopic (exact) mass is 347 g/mol. The van der Waals surface area contributed by atoms with Crippen LogP contribution in [0.2, 0.25) is 0 Å². The van der Waals surface area contributed by atoms with Crippen LogP contribution in [0, 0.1) is 0 Å². The quantitative estimate of drug-likeness (QED) is 0.842. The minimum atomic E-state index is -0.668. The summed E-state index contributed by atoms with van der Waals surface area (Å²) in [5, 5.41) is 12.7. The summed E-state index contributed by atoms with van der Waals surface area (Å²) in [5.74, 6) is -0.0549. The molecule has 0 saturated carbocycles. The molecule has 0 aromatic heterocycles. The van der Waals surface area contributed by atoms with Gasteiger partial charge < -0.3 is 10.4 Å². The summed E-state index contributed by atoms with van der Waals surface area (Å²) in [4.78, 5) is 11.8. The second-order valence-electron chi connectivity index (χ2n) is 4.82. The Labute approximate surface area is 133 Å². The molecule has 2 rings (SSSR count). The molecule has 0 fully saturated rings. The molecule has 0 spiro atoms. The van der Waals surface area contributed by atoms with Crippen molar-refractivity contribution in [1.29, 1.82) is 0 Å². The summed E-state index contributed by atoms with van der Waals surface area (Å²) in [6.07, 6.45) is 0.414. The molecule has 2 aromatic rings. The van der Waals surface area contributed by atoms with Gasteiger partial charge in [-0.1, -0.05) is 64.5 Å². The summed E-state index contributed by atoms with van der Waals surface area (Å²) < 4.78 is 1.02. The van der Waals surface area contributed by atoms with Crippen LogP contribution in [-0.4, -0.2) is 17.6 Å².